The normalized spacial score (nSPS) is 19.0. The molecule has 1 amide bonds. The van der Waals surface area contributed by atoms with E-state index in [1.807, 2.05) is 19.1 Å². The summed E-state index contributed by atoms with van der Waals surface area (Å²) >= 11 is 0. The van der Waals surface area contributed by atoms with Gasteiger partial charge in [-0.15, -0.1) is 12.4 Å². The molecule has 0 saturated carbocycles. The topological polar surface area (TPSA) is 82.8 Å². The molecule has 3 rings (SSSR count). The molecule has 0 aromatic heterocycles. The Balaban J connectivity index is 0.00000225. The molecule has 1 aromatic carbocycles. The van der Waals surface area contributed by atoms with E-state index in [-0.39, 0.29) is 36.6 Å². The average Bonchev–Trinajstić information content (AvgIpc) is 3.06. The molecule has 0 bridgehead atoms. The maximum Gasteiger partial charge on any atom is 0.231 e. The highest BCUT2D eigenvalue weighted by Crippen LogP contribution is 2.40. The third kappa shape index (κ3) is 4.77. The van der Waals surface area contributed by atoms with Gasteiger partial charge in [-0.1, -0.05) is 6.07 Å². The SMILES string of the molecule is CC(N)CCC(=O)NCC1(c2ccc3c(c2)OCO3)CCOCC1.Cl. The summed E-state index contributed by atoms with van der Waals surface area (Å²) in [5.41, 5.74) is 6.77. The van der Waals surface area contributed by atoms with E-state index < -0.39 is 0 Å². The Morgan fingerprint density at radius 1 is 1.28 bits per heavy atom. The number of amides is 1. The van der Waals surface area contributed by atoms with E-state index in [1.165, 1.54) is 5.56 Å². The van der Waals surface area contributed by atoms with Crippen LogP contribution in [0.2, 0.25) is 0 Å². The molecule has 0 aliphatic carbocycles. The van der Waals surface area contributed by atoms with Crippen molar-refractivity contribution in [1.29, 1.82) is 0 Å². The summed E-state index contributed by atoms with van der Waals surface area (Å²) in [6.45, 7) is 4.19. The Bertz CT molecular complexity index is 588. The summed E-state index contributed by atoms with van der Waals surface area (Å²) in [6.07, 6.45) is 2.91. The summed E-state index contributed by atoms with van der Waals surface area (Å²) < 4.78 is 16.4. The van der Waals surface area contributed by atoms with Gasteiger partial charge in [0, 0.05) is 37.6 Å². The van der Waals surface area contributed by atoms with Crippen LogP contribution < -0.4 is 20.5 Å². The number of rotatable bonds is 6. The number of carbonyl (C=O) groups excluding carboxylic acids is 1. The zero-order chi connectivity index (χ0) is 17.0. The Kier molecular flexibility index (Phi) is 6.93. The predicted octanol–water partition coefficient (Wildman–Crippen LogP) is 2.13. The van der Waals surface area contributed by atoms with E-state index in [0.29, 0.717) is 32.6 Å². The summed E-state index contributed by atoms with van der Waals surface area (Å²) in [4.78, 5) is 12.1. The molecule has 3 N–H and O–H groups in total. The number of hydrogen-bond donors (Lipinski definition) is 2. The third-order valence-corrected chi connectivity index (χ3v) is 4.89. The second-order valence-electron chi connectivity index (χ2n) is 6.75. The van der Waals surface area contributed by atoms with Gasteiger partial charge in [-0.2, -0.15) is 0 Å². The second kappa shape index (κ2) is 8.74. The molecule has 1 aromatic rings. The van der Waals surface area contributed by atoms with Crippen LogP contribution in [-0.4, -0.2) is 38.5 Å². The summed E-state index contributed by atoms with van der Waals surface area (Å²) in [7, 11) is 0. The van der Waals surface area contributed by atoms with Gasteiger partial charge in [0.25, 0.3) is 0 Å². The predicted molar refractivity (Wildman–Crippen MR) is 97.4 cm³/mol. The van der Waals surface area contributed by atoms with Gasteiger partial charge in [0.2, 0.25) is 12.7 Å². The van der Waals surface area contributed by atoms with E-state index in [9.17, 15) is 4.79 Å². The van der Waals surface area contributed by atoms with Gasteiger partial charge in [0.15, 0.2) is 11.5 Å². The van der Waals surface area contributed by atoms with Gasteiger partial charge in [-0.3, -0.25) is 4.79 Å². The largest absolute Gasteiger partial charge is 0.454 e. The summed E-state index contributed by atoms with van der Waals surface area (Å²) in [5, 5.41) is 3.09. The van der Waals surface area contributed by atoms with Crippen LogP contribution in [0.1, 0.15) is 38.2 Å². The van der Waals surface area contributed by atoms with Crippen LogP contribution in [-0.2, 0) is 14.9 Å². The zero-order valence-corrected chi connectivity index (χ0v) is 15.4. The van der Waals surface area contributed by atoms with Gasteiger partial charge >= 0.3 is 0 Å². The summed E-state index contributed by atoms with van der Waals surface area (Å²) in [6, 6.07) is 6.11. The third-order valence-electron chi connectivity index (χ3n) is 4.89. The van der Waals surface area contributed by atoms with Crippen molar-refractivity contribution in [2.45, 2.75) is 44.1 Å². The number of hydrogen-bond acceptors (Lipinski definition) is 5. The fourth-order valence-electron chi connectivity index (χ4n) is 3.27. The van der Waals surface area contributed by atoms with E-state index in [4.69, 9.17) is 19.9 Å². The number of nitrogens with two attached hydrogens (primary N) is 1. The highest BCUT2D eigenvalue weighted by Gasteiger charge is 2.36. The Morgan fingerprint density at radius 3 is 2.72 bits per heavy atom. The molecule has 6 nitrogen and oxygen atoms in total. The van der Waals surface area contributed by atoms with Crippen molar-refractivity contribution in [3.05, 3.63) is 23.8 Å². The minimum atomic E-state index is -0.122. The number of fused-ring (bicyclic) bond motifs is 1. The van der Waals surface area contributed by atoms with Crippen LogP contribution in [0.15, 0.2) is 18.2 Å². The molecule has 1 unspecified atom stereocenters. The lowest BCUT2D eigenvalue weighted by Gasteiger charge is -2.38. The van der Waals surface area contributed by atoms with Gasteiger partial charge in [-0.05, 0) is 43.9 Å². The van der Waals surface area contributed by atoms with E-state index >= 15 is 0 Å². The second-order valence-corrected chi connectivity index (χ2v) is 6.75. The fraction of sp³-hybridized carbons (Fsp3) is 0.611. The molecular formula is C18H27ClN2O4. The van der Waals surface area contributed by atoms with Crippen LogP contribution in [0.3, 0.4) is 0 Å². The van der Waals surface area contributed by atoms with Crippen LogP contribution in [0.25, 0.3) is 0 Å². The van der Waals surface area contributed by atoms with Crippen molar-refractivity contribution in [2.75, 3.05) is 26.6 Å². The first-order chi connectivity index (χ1) is 11.6. The monoisotopic (exact) mass is 370 g/mol. The fourth-order valence-corrected chi connectivity index (χ4v) is 3.27. The lowest BCUT2D eigenvalue weighted by atomic mass is 9.74. The number of nitrogens with one attached hydrogen (secondary N) is 1. The Morgan fingerprint density at radius 2 is 2.00 bits per heavy atom. The van der Waals surface area contributed by atoms with Crippen molar-refractivity contribution >= 4 is 18.3 Å². The van der Waals surface area contributed by atoms with Gasteiger partial charge < -0.3 is 25.3 Å². The number of halogens is 1. The van der Waals surface area contributed by atoms with Crippen LogP contribution >= 0.6 is 12.4 Å². The van der Waals surface area contributed by atoms with E-state index in [0.717, 1.165) is 24.3 Å². The van der Waals surface area contributed by atoms with Crippen LogP contribution in [0.5, 0.6) is 11.5 Å². The number of carbonyl (C=O) groups is 1. The summed E-state index contributed by atoms with van der Waals surface area (Å²) in [5.74, 6) is 1.61. The van der Waals surface area contributed by atoms with Crippen molar-refractivity contribution in [2.24, 2.45) is 5.73 Å². The average molecular weight is 371 g/mol. The smallest absolute Gasteiger partial charge is 0.231 e. The molecule has 1 saturated heterocycles. The Hall–Kier alpha value is -1.50. The van der Waals surface area contributed by atoms with Gasteiger partial charge in [0.05, 0.1) is 0 Å². The van der Waals surface area contributed by atoms with Crippen molar-refractivity contribution in [1.82, 2.24) is 5.32 Å². The highest BCUT2D eigenvalue weighted by molar-refractivity contribution is 5.85. The van der Waals surface area contributed by atoms with E-state index in [1.54, 1.807) is 0 Å². The van der Waals surface area contributed by atoms with Crippen molar-refractivity contribution in [3.8, 4) is 11.5 Å². The first-order valence-electron chi connectivity index (χ1n) is 8.59. The molecule has 7 heteroatoms. The maximum atomic E-state index is 12.1. The Labute approximate surface area is 154 Å². The molecule has 2 aliphatic heterocycles. The van der Waals surface area contributed by atoms with Gasteiger partial charge in [0.1, 0.15) is 0 Å². The van der Waals surface area contributed by atoms with Crippen LogP contribution in [0, 0.1) is 0 Å². The van der Waals surface area contributed by atoms with Crippen molar-refractivity contribution in [3.63, 3.8) is 0 Å². The quantitative estimate of drug-likeness (QED) is 0.801. The molecule has 2 aliphatic rings. The first kappa shape index (κ1) is 19.8. The minimum absolute atomic E-state index is 0. The molecule has 0 radical (unpaired) electrons. The molecule has 140 valence electrons. The highest BCUT2D eigenvalue weighted by atomic mass is 35.5. The molecule has 25 heavy (non-hydrogen) atoms. The van der Waals surface area contributed by atoms with E-state index in [2.05, 4.69) is 11.4 Å². The first-order valence-corrected chi connectivity index (χ1v) is 8.59. The standard InChI is InChI=1S/C18H26N2O4.ClH/c1-13(19)2-5-17(21)20-11-18(6-8-22-9-7-18)14-3-4-15-16(10-14)24-12-23-15;/h3-4,10,13H,2,5-9,11-12,19H2,1H3,(H,20,21);1H. The molecule has 2 heterocycles. The number of ether oxygens (including phenoxy) is 3. The minimum Gasteiger partial charge on any atom is -0.454 e. The lowest BCUT2D eigenvalue weighted by molar-refractivity contribution is -0.121. The zero-order valence-electron chi connectivity index (χ0n) is 14.6. The van der Waals surface area contributed by atoms with Crippen molar-refractivity contribution < 1.29 is 19.0 Å². The molecule has 1 atom stereocenters. The molecular weight excluding hydrogens is 344 g/mol. The number of benzene rings is 1. The van der Waals surface area contributed by atoms with Gasteiger partial charge in [-0.25, -0.2) is 0 Å². The molecule has 0 spiro atoms. The van der Waals surface area contributed by atoms with Crippen LogP contribution in [0.4, 0.5) is 0 Å². The maximum absolute atomic E-state index is 12.1. The molecule has 1 fully saturated rings. The lowest BCUT2D eigenvalue weighted by Crippen LogP contribution is -2.44.